The van der Waals surface area contributed by atoms with Gasteiger partial charge in [-0.1, -0.05) is 132 Å². The number of carbonyl (C=O) groups excluding carboxylic acids is 2. The van der Waals surface area contributed by atoms with E-state index in [-0.39, 0.29) is 38.0 Å². The molecule has 0 saturated carbocycles. The third kappa shape index (κ3) is 40.7. The van der Waals surface area contributed by atoms with E-state index in [9.17, 15) is 28.9 Å². The Balaban J connectivity index is 5.29. The van der Waals surface area contributed by atoms with E-state index in [0.29, 0.717) is 17.4 Å². The number of aliphatic hydroxyl groups excluding tert-OH is 1. The van der Waals surface area contributed by atoms with Gasteiger partial charge < -0.3 is 43.8 Å². The van der Waals surface area contributed by atoms with Crippen LogP contribution in [-0.4, -0.2) is 109 Å². The van der Waals surface area contributed by atoms with Gasteiger partial charge in [0.05, 0.1) is 33.9 Å². The summed E-state index contributed by atoms with van der Waals surface area (Å²) in [6.07, 6.45) is 39.7. The number of hydrogen-bond donors (Lipinski definition) is 3. The van der Waals surface area contributed by atoms with Crippen molar-refractivity contribution in [2.24, 2.45) is 5.73 Å². The van der Waals surface area contributed by atoms with Gasteiger partial charge in [-0.2, -0.15) is 0 Å². The fourth-order valence-corrected chi connectivity index (χ4v) is 7.67. The number of phosphoric ester groups is 1. The van der Waals surface area contributed by atoms with Gasteiger partial charge in [-0.05, 0) is 70.6 Å². The Bertz CT molecular complexity index is 1440. The molecule has 4 N–H and O–H groups in total. The summed E-state index contributed by atoms with van der Waals surface area (Å²) in [6.45, 7) is 3.55. The molecule has 0 saturated heterocycles. The zero-order valence-electron chi connectivity index (χ0n) is 39.9. The molecule has 13 nitrogen and oxygen atoms in total. The highest BCUT2D eigenvalue weighted by Crippen LogP contribution is 2.38. The average Bonchev–Trinajstić information content (AvgIpc) is 3.23. The average molecular weight is 941 g/mol. The molecule has 0 aliphatic carbocycles. The smallest absolute Gasteiger partial charge is 0.324 e. The Hall–Kier alpha value is -2.81. The number of thioether (sulfide) groups is 1. The van der Waals surface area contributed by atoms with Crippen molar-refractivity contribution < 1.29 is 57.1 Å². The number of hydrogen-bond acceptors (Lipinski definition) is 12. The third-order valence-corrected chi connectivity index (χ3v) is 12.1. The molecule has 0 fully saturated rings. The molecule has 0 heterocycles. The number of carboxylic acid groups (broad SMARTS) is 1. The first-order chi connectivity index (χ1) is 30.6. The molecule has 368 valence electrons. The van der Waals surface area contributed by atoms with Gasteiger partial charge in [0.1, 0.15) is 25.8 Å². The predicted molar refractivity (Wildman–Crippen MR) is 260 cm³/mol. The molecule has 0 aliphatic heterocycles. The molecular weight excluding hydrogens is 856 g/mol. The number of aliphatic hydroxyl groups is 1. The summed E-state index contributed by atoms with van der Waals surface area (Å²) in [7, 11) is 0.847. The number of carbonyl (C=O) groups is 3. The number of allylic oxidation sites excluding steroid dienone is 11. The Kier molecular flexibility index (Phi) is 38.7. The van der Waals surface area contributed by atoms with E-state index >= 15 is 0 Å². The minimum absolute atomic E-state index is 0.00639. The summed E-state index contributed by atoms with van der Waals surface area (Å²) < 4.78 is 34.0. The summed E-state index contributed by atoms with van der Waals surface area (Å²) in [5.74, 6) is -2.35. The number of likely N-dealkylation sites (N-methyl/N-ethyl adjacent to an activating group) is 1. The standard InChI is InChI=1S/C49H85N2O11PS/c1-6-8-10-12-14-16-18-20-21-22-24-26-28-30-32-37-48(55)59-40-43(41-61-63(57,58)60-39-38-51(3,4)5)62-49(56)44(50)42-64-46(45(52)34-33-36-47(53)54)35-31-29-27-25-23-19-17-15-13-11-9-7-2/h14-17,20-21,23,25,27,29,31,35,43-46,52H,6-13,18-19,22,24,26,28,30,32-34,36-42,50H2,1-5H3,(H-,53,54,57,58)/b16-14-,17-15-,21-20-,25-23-,29-27+,35-31+/t43-,44+,45+,46-/m1/s1. The van der Waals surface area contributed by atoms with Crippen LogP contribution in [0.5, 0.6) is 0 Å². The molecule has 0 spiro atoms. The van der Waals surface area contributed by atoms with Crippen molar-refractivity contribution in [3.63, 3.8) is 0 Å². The highest BCUT2D eigenvalue weighted by Gasteiger charge is 2.26. The van der Waals surface area contributed by atoms with Crippen molar-refractivity contribution in [2.45, 2.75) is 166 Å². The predicted octanol–water partition coefficient (Wildman–Crippen LogP) is 9.70. The molecule has 5 atom stereocenters. The minimum Gasteiger partial charge on any atom is -0.756 e. The second-order valence-electron chi connectivity index (χ2n) is 17.0. The zero-order chi connectivity index (χ0) is 47.7. The number of quaternary nitrogens is 1. The van der Waals surface area contributed by atoms with Crippen LogP contribution < -0.4 is 10.6 Å². The van der Waals surface area contributed by atoms with E-state index in [0.717, 1.165) is 57.8 Å². The number of aliphatic carboxylic acids is 1. The largest absolute Gasteiger partial charge is 0.756 e. The first-order valence-corrected chi connectivity index (χ1v) is 26.1. The number of nitrogens with zero attached hydrogens (tertiary/aromatic N) is 1. The summed E-state index contributed by atoms with van der Waals surface area (Å²) in [6, 6.07) is -1.20. The molecule has 15 heteroatoms. The van der Waals surface area contributed by atoms with Crippen molar-refractivity contribution in [3.8, 4) is 0 Å². The van der Waals surface area contributed by atoms with Crippen LogP contribution in [0.15, 0.2) is 72.9 Å². The molecule has 0 radical (unpaired) electrons. The number of ether oxygens (including phenoxy) is 2. The normalized spacial score (nSPS) is 15.5. The molecule has 0 rings (SSSR count). The number of phosphoric acid groups is 1. The zero-order valence-corrected chi connectivity index (χ0v) is 41.6. The van der Waals surface area contributed by atoms with Gasteiger partial charge >= 0.3 is 17.9 Å². The topological polar surface area (TPSA) is 195 Å². The highest BCUT2D eigenvalue weighted by molar-refractivity contribution is 8.00. The van der Waals surface area contributed by atoms with Crippen molar-refractivity contribution >= 4 is 37.5 Å². The molecule has 0 aromatic rings. The SMILES string of the molecule is CCCCC/C=C\C\C=C/C=C/C=C/[C@@H](SC[C@H](N)C(=O)O[C@H](COC(=O)CCCCCCC/C=C\C/C=C\CCCCC)COP(=O)([O-])OCC[N+](C)(C)C)[C@@H](O)CCCC(=O)O. The van der Waals surface area contributed by atoms with E-state index in [1.807, 2.05) is 45.4 Å². The Morgan fingerprint density at radius 2 is 1.31 bits per heavy atom. The molecule has 1 unspecified atom stereocenters. The van der Waals surface area contributed by atoms with E-state index < -0.39 is 62.4 Å². The van der Waals surface area contributed by atoms with Gasteiger partial charge in [0.25, 0.3) is 7.82 Å². The Labute approximate surface area is 390 Å². The van der Waals surface area contributed by atoms with Crippen molar-refractivity contribution in [3.05, 3.63) is 72.9 Å². The monoisotopic (exact) mass is 941 g/mol. The van der Waals surface area contributed by atoms with Crippen LogP contribution in [-0.2, 0) is 37.5 Å². The number of rotatable bonds is 42. The van der Waals surface area contributed by atoms with E-state index in [1.165, 1.54) is 50.3 Å². The number of nitrogens with two attached hydrogens (primary N) is 1. The molecule has 0 aliphatic rings. The van der Waals surface area contributed by atoms with Crippen LogP contribution in [0, 0.1) is 0 Å². The van der Waals surface area contributed by atoms with Gasteiger partial charge in [0.2, 0.25) is 0 Å². The van der Waals surface area contributed by atoms with Gasteiger partial charge in [-0.25, -0.2) is 0 Å². The lowest BCUT2D eigenvalue weighted by atomic mass is 10.1. The fraction of sp³-hybridized carbons (Fsp3) is 0.694. The molecular formula is C49H85N2O11PS. The second kappa shape index (κ2) is 40.5. The molecule has 64 heavy (non-hydrogen) atoms. The van der Waals surface area contributed by atoms with Crippen LogP contribution in [0.25, 0.3) is 0 Å². The third-order valence-electron chi connectivity index (χ3n) is 9.70. The van der Waals surface area contributed by atoms with Crippen molar-refractivity contribution in [1.29, 1.82) is 0 Å². The van der Waals surface area contributed by atoms with Crippen LogP contribution >= 0.6 is 19.6 Å². The molecule has 0 amide bonds. The number of esters is 2. The number of carboxylic acids is 1. The van der Waals surface area contributed by atoms with Crippen molar-refractivity contribution in [2.75, 3.05) is 53.3 Å². The molecule has 0 aromatic heterocycles. The molecule has 0 aromatic carbocycles. The fourth-order valence-electron chi connectivity index (χ4n) is 5.81. The van der Waals surface area contributed by atoms with Crippen LogP contribution in [0.1, 0.15) is 142 Å². The maximum absolute atomic E-state index is 13.2. The first kappa shape index (κ1) is 61.2. The Morgan fingerprint density at radius 3 is 1.92 bits per heavy atom. The van der Waals surface area contributed by atoms with E-state index in [1.54, 1.807) is 12.2 Å². The van der Waals surface area contributed by atoms with Gasteiger partial charge in [-0.3, -0.25) is 18.9 Å². The maximum atomic E-state index is 13.2. The second-order valence-corrected chi connectivity index (χ2v) is 19.6. The first-order valence-electron chi connectivity index (χ1n) is 23.6. The summed E-state index contributed by atoms with van der Waals surface area (Å²) in [5.41, 5.74) is 6.23. The summed E-state index contributed by atoms with van der Waals surface area (Å²) in [4.78, 5) is 49.5. The minimum atomic E-state index is -4.79. The lowest BCUT2D eigenvalue weighted by molar-refractivity contribution is -0.870. The maximum Gasteiger partial charge on any atom is 0.324 e. The van der Waals surface area contributed by atoms with Crippen LogP contribution in [0.3, 0.4) is 0 Å². The summed E-state index contributed by atoms with van der Waals surface area (Å²) in [5, 5.41) is 19.5. The van der Waals surface area contributed by atoms with Crippen molar-refractivity contribution in [1.82, 2.24) is 0 Å². The Morgan fingerprint density at radius 1 is 0.734 bits per heavy atom. The van der Waals surface area contributed by atoms with Gasteiger partial charge in [0, 0.05) is 23.8 Å². The highest BCUT2D eigenvalue weighted by atomic mass is 32.2. The number of unbranched alkanes of at least 4 members (excludes halogenated alkanes) is 11. The summed E-state index contributed by atoms with van der Waals surface area (Å²) >= 11 is 1.20. The lowest BCUT2D eigenvalue weighted by Crippen LogP contribution is -2.40. The quantitative estimate of drug-likeness (QED) is 0.0131. The van der Waals surface area contributed by atoms with Crippen LogP contribution in [0.4, 0.5) is 0 Å². The van der Waals surface area contributed by atoms with E-state index in [4.69, 9.17) is 29.4 Å². The lowest BCUT2D eigenvalue weighted by Gasteiger charge is -2.28. The molecule has 0 bridgehead atoms. The van der Waals surface area contributed by atoms with Gasteiger partial charge in [-0.15, -0.1) is 11.8 Å². The van der Waals surface area contributed by atoms with Crippen LogP contribution in [0.2, 0.25) is 0 Å². The van der Waals surface area contributed by atoms with Gasteiger partial charge in [0.15, 0.2) is 6.10 Å². The van der Waals surface area contributed by atoms with E-state index in [2.05, 4.69) is 50.3 Å².